The molecule has 0 bridgehead atoms. The van der Waals surface area contributed by atoms with Crippen molar-refractivity contribution >= 4 is 33.5 Å². The van der Waals surface area contributed by atoms with Gasteiger partial charge in [0, 0.05) is 19.5 Å². The number of carbonyl (C=O) groups is 1. The Labute approximate surface area is 96.0 Å². The number of carbonyl (C=O) groups excluding carboxylic acids is 1. The van der Waals surface area contributed by atoms with Gasteiger partial charge in [0.1, 0.15) is 4.60 Å². The molecule has 15 heavy (non-hydrogen) atoms. The van der Waals surface area contributed by atoms with Gasteiger partial charge >= 0.3 is 0 Å². The van der Waals surface area contributed by atoms with E-state index in [-0.39, 0.29) is 5.91 Å². The van der Waals surface area contributed by atoms with Crippen molar-refractivity contribution < 1.29 is 4.79 Å². The van der Waals surface area contributed by atoms with Gasteiger partial charge in [0.15, 0.2) is 11.6 Å². The lowest BCUT2D eigenvalue weighted by atomic mass is 10.4. The predicted molar refractivity (Wildman–Crippen MR) is 60.9 cm³/mol. The number of hydrogen-bond acceptors (Lipinski definition) is 4. The monoisotopic (exact) mass is 270 g/mol. The largest absolute Gasteiger partial charge is 0.366 e. The highest BCUT2D eigenvalue weighted by molar-refractivity contribution is 9.10. The molecule has 6 heteroatoms. The lowest BCUT2D eigenvalue weighted by Gasteiger charge is -2.18. The van der Waals surface area contributed by atoms with E-state index in [1.165, 1.54) is 0 Å². The lowest BCUT2D eigenvalue weighted by Crippen LogP contribution is -2.30. The highest BCUT2D eigenvalue weighted by Gasteiger charge is 2.22. The molecule has 1 N–H and O–H groups in total. The third-order valence-electron chi connectivity index (χ3n) is 2.23. The number of nitrogens with zero attached hydrogens (tertiary/aromatic N) is 3. The Bertz CT molecular complexity index is 396. The van der Waals surface area contributed by atoms with Gasteiger partial charge in [-0.2, -0.15) is 0 Å². The number of aromatic nitrogens is 2. The van der Waals surface area contributed by atoms with Crippen molar-refractivity contribution in [1.29, 1.82) is 0 Å². The van der Waals surface area contributed by atoms with Gasteiger partial charge in [-0.3, -0.25) is 9.69 Å². The summed E-state index contributed by atoms with van der Waals surface area (Å²) in [6.07, 6.45) is 2.10. The smallest absolute Gasteiger partial charge is 0.230 e. The molecule has 1 aliphatic rings. The van der Waals surface area contributed by atoms with Crippen LogP contribution in [0.15, 0.2) is 10.8 Å². The normalized spacial score (nSPS) is 15.6. The summed E-state index contributed by atoms with van der Waals surface area (Å²) in [5, 5.41) is 3.09. The molecule has 0 saturated carbocycles. The molecule has 1 aromatic heterocycles. The van der Waals surface area contributed by atoms with Gasteiger partial charge < -0.3 is 5.32 Å². The van der Waals surface area contributed by atoms with Crippen LogP contribution < -0.4 is 10.2 Å². The molecule has 1 aromatic rings. The van der Waals surface area contributed by atoms with Crippen LogP contribution in [0.25, 0.3) is 0 Å². The van der Waals surface area contributed by atoms with Gasteiger partial charge in [-0.05, 0) is 22.9 Å². The number of nitrogens with one attached hydrogen (secondary N) is 1. The van der Waals surface area contributed by atoms with Crippen molar-refractivity contribution in [1.82, 2.24) is 9.97 Å². The van der Waals surface area contributed by atoms with Crippen molar-refractivity contribution in [3.63, 3.8) is 0 Å². The molecule has 0 fully saturated rings. The first kappa shape index (κ1) is 10.4. The van der Waals surface area contributed by atoms with E-state index in [4.69, 9.17) is 0 Å². The quantitative estimate of drug-likeness (QED) is 0.839. The van der Waals surface area contributed by atoms with E-state index < -0.39 is 0 Å². The van der Waals surface area contributed by atoms with E-state index in [0.717, 1.165) is 0 Å². The molecule has 1 aliphatic heterocycles. The van der Waals surface area contributed by atoms with Crippen LogP contribution in [-0.4, -0.2) is 29.0 Å². The van der Waals surface area contributed by atoms with E-state index in [1.54, 1.807) is 11.1 Å². The van der Waals surface area contributed by atoms with Crippen molar-refractivity contribution in [2.75, 3.05) is 23.3 Å². The Hall–Kier alpha value is -1.17. The Balaban J connectivity index is 2.49. The topological polar surface area (TPSA) is 58.1 Å². The first-order valence-electron chi connectivity index (χ1n) is 4.79. The summed E-state index contributed by atoms with van der Waals surface area (Å²) in [6.45, 7) is 3.15. The van der Waals surface area contributed by atoms with Crippen LogP contribution in [0, 0.1) is 0 Å². The molecular weight excluding hydrogens is 260 g/mol. The lowest BCUT2D eigenvalue weighted by molar-refractivity contribution is -0.118. The highest BCUT2D eigenvalue weighted by atomic mass is 79.9. The number of amides is 1. The minimum Gasteiger partial charge on any atom is -0.366 e. The molecule has 0 spiro atoms. The van der Waals surface area contributed by atoms with Crippen LogP contribution in [0.2, 0.25) is 0 Å². The van der Waals surface area contributed by atoms with Gasteiger partial charge in [-0.1, -0.05) is 0 Å². The maximum Gasteiger partial charge on any atom is 0.230 e. The van der Waals surface area contributed by atoms with Gasteiger partial charge in [0.25, 0.3) is 0 Å². The van der Waals surface area contributed by atoms with Gasteiger partial charge in [-0.15, -0.1) is 0 Å². The third kappa shape index (κ3) is 1.94. The Kier molecular flexibility index (Phi) is 2.86. The molecular formula is C9H11BrN4O. The van der Waals surface area contributed by atoms with E-state index in [0.29, 0.717) is 35.7 Å². The summed E-state index contributed by atoms with van der Waals surface area (Å²) in [6, 6.07) is 0. The van der Waals surface area contributed by atoms with Crippen LogP contribution in [0.3, 0.4) is 0 Å². The van der Waals surface area contributed by atoms with Crippen molar-refractivity contribution in [3.8, 4) is 0 Å². The molecule has 0 saturated heterocycles. The zero-order chi connectivity index (χ0) is 10.8. The van der Waals surface area contributed by atoms with E-state index in [1.807, 2.05) is 6.92 Å². The fraction of sp³-hybridized carbons (Fsp3) is 0.444. The van der Waals surface area contributed by atoms with Crippen LogP contribution in [0.4, 0.5) is 11.6 Å². The number of rotatable bonds is 1. The average molecular weight is 271 g/mol. The van der Waals surface area contributed by atoms with Crippen molar-refractivity contribution in [3.05, 3.63) is 10.8 Å². The molecule has 1 amide bonds. The second kappa shape index (κ2) is 4.14. The summed E-state index contributed by atoms with van der Waals surface area (Å²) in [5.74, 6) is 1.36. The maximum atomic E-state index is 11.7. The summed E-state index contributed by atoms with van der Waals surface area (Å²) in [4.78, 5) is 21.8. The number of hydrogen-bond donors (Lipinski definition) is 1. The average Bonchev–Trinajstić information content (AvgIpc) is 2.36. The second-order valence-electron chi connectivity index (χ2n) is 3.18. The predicted octanol–water partition coefficient (Wildman–Crippen LogP) is 1.41. The summed E-state index contributed by atoms with van der Waals surface area (Å²) >= 11 is 3.25. The summed E-state index contributed by atoms with van der Waals surface area (Å²) in [5.41, 5.74) is 0. The van der Waals surface area contributed by atoms with Crippen molar-refractivity contribution in [2.24, 2.45) is 0 Å². The fourth-order valence-electron chi connectivity index (χ4n) is 1.54. The second-order valence-corrected chi connectivity index (χ2v) is 3.99. The first-order chi connectivity index (χ1) is 7.22. The van der Waals surface area contributed by atoms with Crippen LogP contribution in [-0.2, 0) is 4.79 Å². The fourth-order valence-corrected chi connectivity index (χ4v) is 1.81. The summed E-state index contributed by atoms with van der Waals surface area (Å²) in [7, 11) is 0. The van der Waals surface area contributed by atoms with Crippen molar-refractivity contribution in [2.45, 2.75) is 13.3 Å². The molecule has 0 unspecified atom stereocenters. The van der Waals surface area contributed by atoms with Gasteiger partial charge in [0.2, 0.25) is 5.91 Å². The van der Waals surface area contributed by atoms with E-state index in [2.05, 4.69) is 31.2 Å². The van der Waals surface area contributed by atoms with Crippen LogP contribution in [0.1, 0.15) is 13.3 Å². The number of fused-ring (bicyclic) bond motifs is 1. The Morgan fingerprint density at radius 3 is 3.20 bits per heavy atom. The first-order valence-corrected chi connectivity index (χ1v) is 5.58. The zero-order valence-corrected chi connectivity index (χ0v) is 9.91. The minimum absolute atomic E-state index is 0.0798. The van der Waals surface area contributed by atoms with Gasteiger partial charge in [-0.25, -0.2) is 9.97 Å². The Morgan fingerprint density at radius 1 is 1.67 bits per heavy atom. The molecule has 0 aliphatic carbocycles. The number of anilines is 2. The highest BCUT2D eigenvalue weighted by Crippen LogP contribution is 2.25. The minimum atomic E-state index is 0.0798. The standard InChI is InChI=1S/C9H11BrN4O/c1-2-14-7(15)3-4-11-8-9(14)13-6(10)5-12-8/h5H,2-4H2,1H3,(H,11,12). The van der Waals surface area contributed by atoms with E-state index >= 15 is 0 Å². The molecule has 2 rings (SSSR count). The zero-order valence-electron chi connectivity index (χ0n) is 8.33. The molecule has 80 valence electrons. The molecule has 0 aromatic carbocycles. The SMILES string of the molecule is CCN1C(=O)CCNc2ncc(Br)nc21. The van der Waals surface area contributed by atoms with Gasteiger partial charge in [0.05, 0.1) is 6.20 Å². The molecule has 0 atom stereocenters. The molecule has 2 heterocycles. The van der Waals surface area contributed by atoms with Crippen LogP contribution >= 0.6 is 15.9 Å². The molecule has 0 radical (unpaired) electrons. The third-order valence-corrected chi connectivity index (χ3v) is 2.61. The Morgan fingerprint density at radius 2 is 2.47 bits per heavy atom. The van der Waals surface area contributed by atoms with E-state index in [9.17, 15) is 4.79 Å². The number of halogens is 1. The summed E-state index contributed by atoms with van der Waals surface area (Å²) < 4.78 is 0.635. The molecule has 5 nitrogen and oxygen atoms in total. The maximum absolute atomic E-state index is 11.7. The van der Waals surface area contributed by atoms with Crippen LogP contribution in [0.5, 0.6) is 0 Å².